The van der Waals surface area contributed by atoms with Crippen molar-refractivity contribution in [3.63, 3.8) is 0 Å². The fourth-order valence-electron chi connectivity index (χ4n) is 1.87. The van der Waals surface area contributed by atoms with Gasteiger partial charge >= 0.3 is 0 Å². The Morgan fingerprint density at radius 3 is 2.53 bits per heavy atom. The molecular formula is C10H21ClN2O3S. The maximum atomic E-state index is 11.6. The van der Waals surface area contributed by atoms with Gasteiger partial charge in [0.25, 0.3) is 0 Å². The molecule has 2 atom stereocenters. The Morgan fingerprint density at radius 1 is 1.41 bits per heavy atom. The highest BCUT2D eigenvalue weighted by Crippen LogP contribution is 2.23. The summed E-state index contributed by atoms with van der Waals surface area (Å²) in [5.41, 5.74) is 5.71. The fourth-order valence-corrected chi connectivity index (χ4v) is 2.57. The Hall–Kier alpha value is -0.330. The van der Waals surface area contributed by atoms with Crippen molar-refractivity contribution < 1.29 is 13.2 Å². The van der Waals surface area contributed by atoms with E-state index in [0.717, 1.165) is 12.8 Å². The highest BCUT2D eigenvalue weighted by molar-refractivity contribution is 7.91. The monoisotopic (exact) mass is 284 g/mol. The van der Waals surface area contributed by atoms with Crippen molar-refractivity contribution >= 4 is 28.2 Å². The smallest absolute Gasteiger partial charge is 0.223 e. The molecule has 7 heteroatoms. The van der Waals surface area contributed by atoms with Gasteiger partial charge in [0, 0.05) is 24.3 Å². The molecule has 0 aromatic rings. The van der Waals surface area contributed by atoms with Gasteiger partial charge in [-0.05, 0) is 19.3 Å². The highest BCUT2D eigenvalue weighted by Gasteiger charge is 2.27. The van der Waals surface area contributed by atoms with Crippen LogP contribution in [-0.2, 0) is 14.6 Å². The number of amides is 1. The Balaban J connectivity index is 0.00000256. The van der Waals surface area contributed by atoms with Crippen molar-refractivity contribution in [2.45, 2.75) is 32.2 Å². The Morgan fingerprint density at radius 2 is 2.06 bits per heavy atom. The number of carbonyl (C=O) groups is 1. The van der Waals surface area contributed by atoms with Crippen molar-refractivity contribution in [2.75, 3.05) is 18.1 Å². The molecule has 0 heterocycles. The summed E-state index contributed by atoms with van der Waals surface area (Å²) >= 11 is 0. The van der Waals surface area contributed by atoms with Crippen LogP contribution < -0.4 is 11.1 Å². The standard InChI is InChI=1S/C10H20N2O3S.ClH/c1-2-16(14,15)6-5-12-10(13)8-3-4-9(11)7-8;/h8-9H,2-7,11H2,1H3,(H,12,13);1H. The van der Waals surface area contributed by atoms with Gasteiger partial charge in [0.1, 0.15) is 0 Å². The van der Waals surface area contributed by atoms with E-state index >= 15 is 0 Å². The lowest BCUT2D eigenvalue weighted by Gasteiger charge is -2.10. The molecule has 0 aromatic carbocycles. The molecule has 0 aliphatic heterocycles. The van der Waals surface area contributed by atoms with Crippen molar-refractivity contribution in [1.82, 2.24) is 5.32 Å². The van der Waals surface area contributed by atoms with Gasteiger partial charge in [0.2, 0.25) is 5.91 Å². The van der Waals surface area contributed by atoms with E-state index < -0.39 is 9.84 Å². The van der Waals surface area contributed by atoms with E-state index in [4.69, 9.17) is 5.73 Å². The van der Waals surface area contributed by atoms with E-state index in [1.54, 1.807) is 6.92 Å². The Bertz CT molecular complexity index is 345. The molecule has 102 valence electrons. The largest absolute Gasteiger partial charge is 0.355 e. The van der Waals surface area contributed by atoms with Gasteiger partial charge in [-0.2, -0.15) is 0 Å². The molecule has 1 amide bonds. The zero-order valence-corrected chi connectivity index (χ0v) is 11.6. The molecular weight excluding hydrogens is 264 g/mol. The van der Waals surface area contributed by atoms with E-state index in [0.29, 0.717) is 6.42 Å². The average molecular weight is 285 g/mol. The van der Waals surface area contributed by atoms with Crippen molar-refractivity contribution in [3.05, 3.63) is 0 Å². The van der Waals surface area contributed by atoms with Gasteiger partial charge < -0.3 is 11.1 Å². The second-order valence-corrected chi connectivity index (χ2v) is 6.77. The number of rotatable bonds is 5. The number of nitrogens with two attached hydrogens (primary N) is 1. The van der Waals surface area contributed by atoms with Crippen LogP contribution in [0.3, 0.4) is 0 Å². The first-order valence-corrected chi connectivity index (χ1v) is 7.50. The minimum atomic E-state index is -2.99. The minimum Gasteiger partial charge on any atom is -0.355 e. The Kier molecular flexibility index (Phi) is 7.04. The van der Waals surface area contributed by atoms with Crippen LogP contribution in [0.4, 0.5) is 0 Å². The zero-order chi connectivity index (χ0) is 12.2. The van der Waals surface area contributed by atoms with Crippen molar-refractivity contribution in [3.8, 4) is 0 Å². The quantitative estimate of drug-likeness (QED) is 0.749. The molecule has 0 spiro atoms. The molecule has 3 N–H and O–H groups in total. The summed E-state index contributed by atoms with van der Waals surface area (Å²) in [6.07, 6.45) is 2.41. The highest BCUT2D eigenvalue weighted by atomic mass is 35.5. The molecule has 1 saturated carbocycles. The summed E-state index contributed by atoms with van der Waals surface area (Å²) in [6.45, 7) is 1.81. The molecule has 1 fully saturated rings. The molecule has 0 saturated heterocycles. The number of nitrogens with one attached hydrogen (secondary N) is 1. The summed E-state index contributed by atoms with van der Waals surface area (Å²) < 4.78 is 22.4. The van der Waals surface area contributed by atoms with Gasteiger partial charge in [-0.3, -0.25) is 4.79 Å². The van der Waals surface area contributed by atoms with Gasteiger partial charge in [0.15, 0.2) is 9.84 Å². The topological polar surface area (TPSA) is 89.3 Å². The molecule has 5 nitrogen and oxygen atoms in total. The first-order chi connectivity index (χ1) is 7.44. The number of sulfone groups is 1. The maximum Gasteiger partial charge on any atom is 0.223 e. The van der Waals surface area contributed by atoms with Crippen LogP contribution in [0.15, 0.2) is 0 Å². The number of halogens is 1. The number of carbonyl (C=O) groups excluding carboxylic acids is 1. The molecule has 1 aliphatic rings. The minimum absolute atomic E-state index is 0. The van der Waals surface area contributed by atoms with E-state index in [2.05, 4.69) is 5.32 Å². The van der Waals surface area contributed by atoms with E-state index in [1.165, 1.54) is 0 Å². The number of hydrogen-bond acceptors (Lipinski definition) is 4. The van der Waals surface area contributed by atoms with Gasteiger partial charge in [-0.15, -0.1) is 12.4 Å². The van der Waals surface area contributed by atoms with Crippen molar-refractivity contribution in [1.29, 1.82) is 0 Å². The molecule has 2 unspecified atom stereocenters. The third-order valence-electron chi connectivity index (χ3n) is 3.00. The lowest BCUT2D eigenvalue weighted by atomic mass is 10.1. The lowest BCUT2D eigenvalue weighted by Crippen LogP contribution is -2.34. The van der Waals surface area contributed by atoms with Crippen LogP contribution in [0.2, 0.25) is 0 Å². The SMILES string of the molecule is CCS(=O)(=O)CCNC(=O)C1CCC(N)C1.Cl. The molecule has 1 aliphatic carbocycles. The van der Waals surface area contributed by atoms with Crippen LogP contribution in [0.5, 0.6) is 0 Å². The van der Waals surface area contributed by atoms with E-state index in [1.807, 2.05) is 0 Å². The summed E-state index contributed by atoms with van der Waals surface area (Å²) in [5, 5.41) is 2.66. The van der Waals surface area contributed by atoms with E-state index in [-0.39, 0.29) is 48.3 Å². The van der Waals surface area contributed by atoms with E-state index in [9.17, 15) is 13.2 Å². The van der Waals surface area contributed by atoms with Gasteiger partial charge in [-0.1, -0.05) is 6.92 Å². The molecule has 0 bridgehead atoms. The fraction of sp³-hybridized carbons (Fsp3) is 0.900. The van der Waals surface area contributed by atoms with Crippen LogP contribution >= 0.6 is 12.4 Å². The summed E-state index contributed by atoms with van der Waals surface area (Å²) in [5.74, 6) is 0.0594. The van der Waals surface area contributed by atoms with Crippen molar-refractivity contribution in [2.24, 2.45) is 11.7 Å². The maximum absolute atomic E-state index is 11.6. The number of hydrogen-bond donors (Lipinski definition) is 2. The summed E-state index contributed by atoms with van der Waals surface area (Å²) in [6, 6.07) is 0.120. The molecule has 0 aromatic heterocycles. The van der Waals surface area contributed by atoms with Crippen LogP contribution in [-0.4, -0.2) is 38.4 Å². The first-order valence-electron chi connectivity index (χ1n) is 5.68. The molecule has 17 heavy (non-hydrogen) atoms. The second-order valence-electron chi connectivity index (χ2n) is 4.30. The summed E-state index contributed by atoms with van der Waals surface area (Å²) in [4.78, 5) is 11.6. The second kappa shape index (κ2) is 7.18. The van der Waals surface area contributed by atoms with Crippen LogP contribution in [0, 0.1) is 5.92 Å². The average Bonchev–Trinajstić information content (AvgIpc) is 2.64. The first kappa shape index (κ1) is 16.7. The normalized spacial score (nSPS) is 24.1. The van der Waals surface area contributed by atoms with Gasteiger partial charge in [0.05, 0.1) is 5.75 Å². The predicted octanol–water partition coefficient (Wildman–Crippen LogP) is 0.0865. The lowest BCUT2D eigenvalue weighted by molar-refractivity contribution is -0.124. The zero-order valence-electron chi connectivity index (χ0n) is 10.0. The van der Waals surface area contributed by atoms with Gasteiger partial charge in [-0.25, -0.2) is 8.42 Å². The third kappa shape index (κ3) is 5.70. The Labute approximate surface area is 109 Å². The third-order valence-corrected chi connectivity index (χ3v) is 4.70. The van der Waals surface area contributed by atoms with Crippen LogP contribution in [0.1, 0.15) is 26.2 Å². The predicted molar refractivity (Wildman–Crippen MR) is 69.9 cm³/mol. The molecule has 0 radical (unpaired) electrons. The van der Waals surface area contributed by atoms with Crippen LogP contribution in [0.25, 0.3) is 0 Å². The summed E-state index contributed by atoms with van der Waals surface area (Å²) in [7, 11) is -2.99. The molecule has 1 rings (SSSR count).